The second kappa shape index (κ2) is 5.45. The van der Waals surface area contributed by atoms with Gasteiger partial charge in [0.15, 0.2) is 0 Å². The standard InChI is InChI=1S/C12H26N2O2/c1-11(2)5-7-12(16-4,8-6-11)10(14-13)9-15-3/h10,14H,5-9,13H2,1-4H3. The number of hydrogen-bond acceptors (Lipinski definition) is 4. The zero-order valence-corrected chi connectivity index (χ0v) is 11.0. The summed E-state index contributed by atoms with van der Waals surface area (Å²) in [5.41, 5.74) is 3.10. The minimum atomic E-state index is -0.166. The Balaban J connectivity index is 2.71. The van der Waals surface area contributed by atoms with Crippen LogP contribution in [-0.2, 0) is 9.47 Å². The number of hydrogen-bond donors (Lipinski definition) is 2. The summed E-state index contributed by atoms with van der Waals surface area (Å²) in [6, 6.07) is 0.0681. The minimum Gasteiger partial charge on any atom is -0.383 e. The molecule has 0 radical (unpaired) electrons. The molecule has 0 aromatic rings. The van der Waals surface area contributed by atoms with E-state index < -0.39 is 0 Å². The van der Waals surface area contributed by atoms with Crippen LogP contribution in [0.15, 0.2) is 0 Å². The van der Waals surface area contributed by atoms with Crippen molar-refractivity contribution in [1.29, 1.82) is 0 Å². The Kier molecular flexibility index (Phi) is 4.73. The van der Waals surface area contributed by atoms with Crippen molar-refractivity contribution in [3.05, 3.63) is 0 Å². The normalized spacial score (nSPS) is 25.3. The quantitative estimate of drug-likeness (QED) is 0.554. The summed E-state index contributed by atoms with van der Waals surface area (Å²) in [6.45, 7) is 5.21. The molecule has 4 heteroatoms. The molecular formula is C12H26N2O2. The van der Waals surface area contributed by atoms with E-state index in [9.17, 15) is 0 Å². The smallest absolute Gasteiger partial charge is 0.0867 e. The lowest BCUT2D eigenvalue weighted by atomic mass is 9.68. The summed E-state index contributed by atoms with van der Waals surface area (Å²) >= 11 is 0. The van der Waals surface area contributed by atoms with Gasteiger partial charge in [0.25, 0.3) is 0 Å². The fraction of sp³-hybridized carbons (Fsp3) is 1.00. The zero-order chi connectivity index (χ0) is 12.2. The van der Waals surface area contributed by atoms with Gasteiger partial charge in [-0.25, -0.2) is 0 Å². The molecule has 1 rings (SSSR count). The van der Waals surface area contributed by atoms with Crippen LogP contribution in [0.4, 0.5) is 0 Å². The highest BCUT2D eigenvalue weighted by Gasteiger charge is 2.43. The maximum Gasteiger partial charge on any atom is 0.0867 e. The third kappa shape index (κ3) is 2.94. The number of rotatable bonds is 5. The monoisotopic (exact) mass is 230 g/mol. The molecule has 1 atom stereocenters. The Morgan fingerprint density at radius 1 is 1.19 bits per heavy atom. The fourth-order valence-electron chi connectivity index (χ4n) is 2.56. The largest absolute Gasteiger partial charge is 0.383 e. The van der Waals surface area contributed by atoms with E-state index in [4.69, 9.17) is 15.3 Å². The van der Waals surface area contributed by atoms with Crippen LogP contribution in [0.5, 0.6) is 0 Å². The molecule has 1 saturated carbocycles. The average Bonchev–Trinajstić information content (AvgIpc) is 2.27. The Labute approximate surface area is 98.8 Å². The SMILES string of the molecule is COCC(NN)C1(OC)CCC(C)(C)CC1. The topological polar surface area (TPSA) is 56.5 Å². The Bertz CT molecular complexity index is 209. The van der Waals surface area contributed by atoms with Crippen LogP contribution in [0.3, 0.4) is 0 Å². The minimum absolute atomic E-state index is 0.0681. The van der Waals surface area contributed by atoms with E-state index in [1.54, 1.807) is 14.2 Å². The van der Waals surface area contributed by atoms with E-state index in [0.29, 0.717) is 12.0 Å². The van der Waals surface area contributed by atoms with Gasteiger partial charge in [0.05, 0.1) is 18.2 Å². The molecule has 1 aliphatic carbocycles. The van der Waals surface area contributed by atoms with E-state index in [0.717, 1.165) is 12.8 Å². The molecule has 1 unspecified atom stereocenters. The molecular weight excluding hydrogens is 204 g/mol. The van der Waals surface area contributed by atoms with Crippen LogP contribution in [0.1, 0.15) is 39.5 Å². The number of nitrogens with one attached hydrogen (secondary N) is 1. The lowest BCUT2D eigenvalue weighted by Crippen LogP contribution is -2.58. The summed E-state index contributed by atoms with van der Waals surface area (Å²) < 4.78 is 11.0. The Morgan fingerprint density at radius 3 is 2.12 bits per heavy atom. The molecule has 0 amide bonds. The summed E-state index contributed by atoms with van der Waals surface area (Å²) in [4.78, 5) is 0. The predicted molar refractivity (Wildman–Crippen MR) is 65.0 cm³/mol. The van der Waals surface area contributed by atoms with Gasteiger partial charge in [0.2, 0.25) is 0 Å². The maximum atomic E-state index is 5.76. The molecule has 0 aromatic carbocycles. The van der Waals surface area contributed by atoms with E-state index in [1.807, 2.05) is 0 Å². The zero-order valence-electron chi connectivity index (χ0n) is 11.0. The number of methoxy groups -OCH3 is 2. The van der Waals surface area contributed by atoms with Gasteiger partial charge >= 0.3 is 0 Å². The summed E-state index contributed by atoms with van der Waals surface area (Å²) in [7, 11) is 3.47. The summed E-state index contributed by atoms with van der Waals surface area (Å²) in [5.74, 6) is 5.61. The molecule has 3 N–H and O–H groups in total. The third-order valence-electron chi connectivity index (χ3n) is 4.03. The second-order valence-electron chi connectivity index (χ2n) is 5.61. The van der Waals surface area contributed by atoms with Crippen LogP contribution in [0, 0.1) is 5.41 Å². The Morgan fingerprint density at radius 2 is 1.75 bits per heavy atom. The molecule has 0 aromatic heterocycles. The van der Waals surface area contributed by atoms with Gasteiger partial charge < -0.3 is 9.47 Å². The van der Waals surface area contributed by atoms with Crippen LogP contribution < -0.4 is 11.3 Å². The third-order valence-corrected chi connectivity index (χ3v) is 4.03. The van der Waals surface area contributed by atoms with Crippen molar-refractivity contribution in [3.63, 3.8) is 0 Å². The molecule has 0 bridgehead atoms. The van der Waals surface area contributed by atoms with Crippen LogP contribution in [0.2, 0.25) is 0 Å². The van der Waals surface area contributed by atoms with Crippen molar-refractivity contribution in [2.45, 2.75) is 51.2 Å². The van der Waals surface area contributed by atoms with Crippen molar-refractivity contribution in [1.82, 2.24) is 5.43 Å². The highest BCUT2D eigenvalue weighted by atomic mass is 16.5. The summed E-state index contributed by atoms with van der Waals surface area (Å²) in [6.07, 6.45) is 4.41. The van der Waals surface area contributed by atoms with Gasteiger partial charge in [-0.05, 0) is 31.1 Å². The number of ether oxygens (including phenoxy) is 2. The molecule has 0 spiro atoms. The molecule has 0 saturated heterocycles. The lowest BCUT2D eigenvalue weighted by molar-refractivity contribution is -0.0989. The van der Waals surface area contributed by atoms with Gasteiger partial charge in [-0.1, -0.05) is 13.8 Å². The van der Waals surface area contributed by atoms with Gasteiger partial charge in [-0.15, -0.1) is 0 Å². The van der Waals surface area contributed by atoms with Crippen molar-refractivity contribution < 1.29 is 9.47 Å². The first-order valence-electron chi connectivity index (χ1n) is 6.00. The van der Waals surface area contributed by atoms with E-state index in [1.165, 1.54) is 12.8 Å². The van der Waals surface area contributed by atoms with Gasteiger partial charge in [-0.3, -0.25) is 11.3 Å². The molecule has 0 heterocycles. The second-order valence-corrected chi connectivity index (χ2v) is 5.61. The lowest BCUT2D eigenvalue weighted by Gasteiger charge is -2.46. The van der Waals surface area contributed by atoms with Crippen LogP contribution in [0.25, 0.3) is 0 Å². The van der Waals surface area contributed by atoms with Crippen LogP contribution in [-0.4, -0.2) is 32.5 Å². The number of nitrogens with two attached hydrogens (primary N) is 1. The Hall–Kier alpha value is -0.160. The van der Waals surface area contributed by atoms with Crippen LogP contribution >= 0.6 is 0 Å². The van der Waals surface area contributed by atoms with E-state index in [-0.39, 0.29) is 11.6 Å². The predicted octanol–water partition coefficient (Wildman–Crippen LogP) is 1.45. The molecule has 16 heavy (non-hydrogen) atoms. The van der Waals surface area contributed by atoms with Gasteiger partial charge in [-0.2, -0.15) is 0 Å². The molecule has 0 aliphatic heterocycles. The molecule has 96 valence electrons. The van der Waals surface area contributed by atoms with E-state index in [2.05, 4.69) is 19.3 Å². The number of hydrazine groups is 1. The van der Waals surface area contributed by atoms with Crippen molar-refractivity contribution in [3.8, 4) is 0 Å². The fourth-order valence-corrected chi connectivity index (χ4v) is 2.56. The molecule has 4 nitrogen and oxygen atoms in total. The van der Waals surface area contributed by atoms with Crippen molar-refractivity contribution in [2.24, 2.45) is 11.3 Å². The molecule has 1 fully saturated rings. The first kappa shape index (κ1) is 13.9. The van der Waals surface area contributed by atoms with E-state index >= 15 is 0 Å². The highest BCUT2D eigenvalue weighted by Crippen LogP contribution is 2.43. The summed E-state index contributed by atoms with van der Waals surface area (Å²) in [5, 5.41) is 0. The molecule has 1 aliphatic rings. The highest BCUT2D eigenvalue weighted by molar-refractivity contribution is 4.98. The average molecular weight is 230 g/mol. The van der Waals surface area contributed by atoms with Crippen molar-refractivity contribution in [2.75, 3.05) is 20.8 Å². The van der Waals surface area contributed by atoms with Gasteiger partial charge in [0, 0.05) is 14.2 Å². The first-order chi connectivity index (χ1) is 7.49. The first-order valence-corrected chi connectivity index (χ1v) is 6.00. The maximum absolute atomic E-state index is 5.76. The van der Waals surface area contributed by atoms with Crippen molar-refractivity contribution >= 4 is 0 Å². The van der Waals surface area contributed by atoms with Gasteiger partial charge in [0.1, 0.15) is 0 Å².